The maximum Gasteiger partial charge on any atom is 0.310 e. The van der Waals surface area contributed by atoms with E-state index in [-0.39, 0.29) is 30.0 Å². The Kier molecular flexibility index (Phi) is 6.61. The largest absolute Gasteiger partial charge is 0.477 e. The number of rotatable bonds is 8. The number of nitrogens with one attached hydrogen (secondary N) is 2. The Hall–Kier alpha value is -2.15. The van der Waals surface area contributed by atoms with E-state index in [1.165, 1.54) is 6.07 Å². The zero-order valence-electron chi connectivity index (χ0n) is 12.5. The van der Waals surface area contributed by atoms with Crippen LogP contribution in [0.2, 0.25) is 0 Å². The number of carbonyl (C=O) groups excluding carboxylic acids is 1. The molecule has 0 radical (unpaired) electrons. The van der Waals surface area contributed by atoms with E-state index in [0.29, 0.717) is 6.54 Å². The Labute approximate surface area is 123 Å². The van der Waals surface area contributed by atoms with E-state index in [2.05, 4.69) is 10.6 Å². The number of hydrogen-bond acceptors (Lipinski definition) is 5. The minimum Gasteiger partial charge on any atom is -0.477 e. The fourth-order valence-electron chi connectivity index (χ4n) is 1.71. The molecule has 1 aromatic carbocycles. The lowest BCUT2D eigenvalue weighted by Gasteiger charge is -2.11. The fraction of sp³-hybridized carbons (Fsp3) is 0.500. The molecule has 0 aliphatic carbocycles. The third-order valence-electron chi connectivity index (χ3n) is 2.61. The molecule has 1 aromatic rings. The molecule has 7 nitrogen and oxygen atoms in total. The zero-order chi connectivity index (χ0) is 15.8. The van der Waals surface area contributed by atoms with Crippen molar-refractivity contribution in [3.8, 4) is 5.75 Å². The van der Waals surface area contributed by atoms with Crippen molar-refractivity contribution in [1.29, 1.82) is 0 Å². The van der Waals surface area contributed by atoms with Crippen molar-refractivity contribution in [1.82, 2.24) is 10.6 Å². The van der Waals surface area contributed by atoms with Gasteiger partial charge in [0, 0.05) is 18.7 Å². The smallest absolute Gasteiger partial charge is 0.310 e. The van der Waals surface area contributed by atoms with Gasteiger partial charge in [-0.15, -0.1) is 0 Å². The molecule has 0 spiro atoms. The van der Waals surface area contributed by atoms with Crippen LogP contribution < -0.4 is 15.4 Å². The van der Waals surface area contributed by atoms with Crippen LogP contribution >= 0.6 is 0 Å². The Morgan fingerprint density at radius 3 is 2.71 bits per heavy atom. The van der Waals surface area contributed by atoms with Crippen LogP contribution in [0.5, 0.6) is 5.75 Å². The second-order valence-electron chi connectivity index (χ2n) is 4.85. The van der Waals surface area contributed by atoms with Crippen LogP contribution in [0.4, 0.5) is 5.69 Å². The highest BCUT2D eigenvalue weighted by atomic mass is 16.6. The van der Waals surface area contributed by atoms with E-state index in [9.17, 15) is 14.9 Å². The monoisotopic (exact) mass is 295 g/mol. The molecule has 0 fully saturated rings. The third kappa shape index (κ3) is 5.78. The fourth-order valence-corrected chi connectivity index (χ4v) is 1.71. The molecular weight excluding hydrogens is 274 g/mol. The summed E-state index contributed by atoms with van der Waals surface area (Å²) in [7, 11) is 0. The number of nitro groups is 1. The van der Waals surface area contributed by atoms with Gasteiger partial charge in [0.25, 0.3) is 5.91 Å². The lowest BCUT2D eigenvalue weighted by atomic mass is 10.2. The first-order valence-electron chi connectivity index (χ1n) is 6.84. The minimum atomic E-state index is -0.521. The number of nitro benzene ring substituents is 1. The molecule has 21 heavy (non-hydrogen) atoms. The minimum absolute atomic E-state index is 0.00354. The molecular formula is C14H21N3O4. The summed E-state index contributed by atoms with van der Waals surface area (Å²) in [6.07, 6.45) is 0. The summed E-state index contributed by atoms with van der Waals surface area (Å²) in [5, 5.41) is 16.8. The van der Waals surface area contributed by atoms with Crippen molar-refractivity contribution in [2.24, 2.45) is 0 Å². The Bertz CT molecular complexity index is 503. The summed E-state index contributed by atoms with van der Waals surface area (Å²) in [4.78, 5) is 22.0. The van der Waals surface area contributed by atoms with E-state index in [1.807, 2.05) is 20.8 Å². The molecule has 0 saturated carbocycles. The molecule has 0 aromatic heterocycles. The van der Waals surface area contributed by atoms with Gasteiger partial charge in [-0.2, -0.15) is 0 Å². The molecule has 0 aliphatic rings. The zero-order valence-corrected chi connectivity index (χ0v) is 12.5. The van der Waals surface area contributed by atoms with Crippen molar-refractivity contribution < 1.29 is 14.5 Å². The van der Waals surface area contributed by atoms with Crippen LogP contribution in [-0.4, -0.2) is 30.0 Å². The van der Waals surface area contributed by atoms with Gasteiger partial charge >= 0.3 is 5.69 Å². The maximum absolute atomic E-state index is 11.5. The van der Waals surface area contributed by atoms with Crippen LogP contribution in [0.1, 0.15) is 26.3 Å². The van der Waals surface area contributed by atoms with Crippen LogP contribution in [0, 0.1) is 10.1 Å². The molecule has 1 rings (SSSR count). The summed E-state index contributed by atoms with van der Waals surface area (Å²) in [6, 6.07) is 4.64. The van der Waals surface area contributed by atoms with Crippen LogP contribution in [0.15, 0.2) is 18.2 Å². The van der Waals surface area contributed by atoms with Crippen molar-refractivity contribution >= 4 is 11.6 Å². The SMILES string of the molecule is CCNCc1ccc([N+](=O)[O-])c(OCC(=O)NC(C)C)c1. The molecule has 116 valence electrons. The lowest BCUT2D eigenvalue weighted by Crippen LogP contribution is -2.34. The molecule has 0 aliphatic heterocycles. The number of ether oxygens (including phenoxy) is 1. The topological polar surface area (TPSA) is 93.5 Å². The summed E-state index contributed by atoms with van der Waals surface area (Å²) in [5.41, 5.74) is 0.717. The number of carbonyl (C=O) groups is 1. The Morgan fingerprint density at radius 2 is 2.14 bits per heavy atom. The summed E-state index contributed by atoms with van der Waals surface area (Å²) in [5.74, 6) is -0.203. The summed E-state index contributed by atoms with van der Waals surface area (Å²) >= 11 is 0. The van der Waals surface area contributed by atoms with Crippen molar-refractivity contribution in [3.63, 3.8) is 0 Å². The van der Waals surface area contributed by atoms with Crippen molar-refractivity contribution in [2.45, 2.75) is 33.4 Å². The molecule has 7 heteroatoms. The number of hydrogen-bond donors (Lipinski definition) is 2. The van der Waals surface area contributed by atoms with Gasteiger partial charge < -0.3 is 15.4 Å². The van der Waals surface area contributed by atoms with Crippen molar-refractivity contribution in [3.05, 3.63) is 33.9 Å². The van der Waals surface area contributed by atoms with E-state index in [1.54, 1.807) is 12.1 Å². The normalized spacial score (nSPS) is 10.5. The average molecular weight is 295 g/mol. The van der Waals surface area contributed by atoms with Crippen LogP contribution in [-0.2, 0) is 11.3 Å². The van der Waals surface area contributed by atoms with Gasteiger partial charge in [-0.05, 0) is 32.0 Å². The van der Waals surface area contributed by atoms with Gasteiger partial charge in [-0.25, -0.2) is 0 Å². The first kappa shape index (κ1) is 16.9. The Morgan fingerprint density at radius 1 is 1.43 bits per heavy atom. The van der Waals surface area contributed by atoms with Gasteiger partial charge in [0.2, 0.25) is 0 Å². The molecule has 0 bridgehead atoms. The maximum atomic E-state index is 11.5. The van der Waals surface area contributed by atoms with Gasteiger partial charge in [0.1, 0.15) is 0 Å². The van der Waals surface area contributed by atoms with Crippen LogP contribution in [0.3, 0.4) is 0 Å². The number of nitrogens with zero attached hydrogens (tertiary/aromatic N) is 1. The highest BCUT2D eigenvalue weighted by molar-refractivity contribution is 5.77. The predicted molar refractivity (Wildman–Crippen MR) is 79.3 cm³/mol. The van der Waals surface area contributed by atoms with E-state index in [4.69, 9.17) is 4.74 Å². The van der Waals surface area contributed by atoms with Gasteiger partial charge in [-0.3, -0.25) is 14.9 Å². The molecule has 0 heterocycles. The predicted octanol–water partition coefficient (Wildman–Crippen LogP) is 1.61. The second-order valence-corrected chi connectivity index (χ2v) is 4.85. The number of amides is 1. The molecule has 0 saturated heterocycles. The van der Waals surface area contributed by atoms with Gasteiger partial charge in [-0.1, -0.05) is 13.0 Å². The molecule has 0 atom stereocenters. The Balaban J connectivity index is 2.80. The van der Waals surface area contributed by atoms with E-state index < -0.39 is 4.92 Å². The van der Waals surface area contributed by atoms with E-state index >= 15 is 0 Å². The summed E-state index contributed by atoms with van der Waals surface area (Å²) < 4.78 is 5.30. The molecule has 1 amide bonds. The van der Waals surface area contributed by atoms with Gasteiger partial charge in [0.05, 0.1) is 4.92 Å². The van der Waals surface area contributed by atoms with Crippen molar-refractivity contribution in [2.75, 3.05) is 13.2 Å². The average Bonchev–Trinajstić information content (AvgIpc) is 2.42. The summed E-state index contributed by atoms with van der Waals surface area (Å²) in [6.45, 7) is 6.77. The highest BCUT2D eigenvalue weighted by Crippen LogP contribution is 2.27. The molecule has 2 N–H and O–H groups in total. The van der Waals surface area contributed by atoms with Crippen LogP contribution in [0.25, 0.3) is 0 Å². The first-order chi connectivity index (χ1) is 9.93. The van der Waals surface area contributed by atoms with Gasteiger partial charge in [0.15, 0.2) is 12.4 Å². The number of benzene rings is 1. The third-order valence-corrected chi connectivity index (χ3v) is 2.61. The quantitative estimate of drug-likeness (QED) is 0.561. The highest BCUT2D eigenvalue weighted by Gasteiger charge is 2.17. The standard InChI is InChI=1S/C14H21N3O4/c1-4-15-8-11-5-6-12(17(19)20)13(7-11)21-9-14(18)16-10(2)3/h5-7,10,15H,4,8-9H2,1-3H3,(H,16,18). The first-order valence-corrected chi connectivity index (χ1v) is 6.84. The second kappa shape index (κ2) is 8.21. The van der Waals surface area contributed by atoms with E-state index in [0.717, 1.165) is 12.1 Å². The lowest BCUT2D eigenvalue weighted by molar-refractivity contribution is -0.385. The molecule has 0 unspecified atom stereocenters.